The zero-order valence-electron chi connectivity index (χ0n) is 19.3. The highest BCUT2D eigenvalue weighted by Crippen LogP contribution is 2.44. The van der Waals surface area contributed by atoms with E-state index in [2.05, 4.69) is 34.5 Å². The molecule has 2 atom stereocenters. The standard InChI is InChI=1S/C27H29N3O4/c1-33-22-9-5-8-19-14-23(34-24(19)22)26(32)30-12-10-27(11-13-30)21-17-29(16-20(21)25(31)28-27)15-18-6-3-2-4-7-18/h2-9,14,20-21H,10-13,15-17H2,1H3,(H,28,31)/t20-,21+/m1/s1. The maximum atomic E-state index is 13.2. The summed E-state index contributed by atoms with van der Waals surface area (Å²) < 4.78 is 11.2. The van der Waals surface area contributed by atoms with Gasteiger partial charge in [-0.05, 0) is 30.5 Å². The number of carbonyl (C=O) groups is 2. The van der Waals surface area contributed by atoms with E-state index in [0.29, 0.717) is 30.2 Å². The maximum Gasteiger partial charge on any atom is 0.289 e. The normalized spacial score (nSPS) is 23.9. The monoisotopic (exact) mass is 459 g/mol. The van der Waals surface area contributed by atoms with Gasteiger partial charge in [0.05, 0.1) is 13.0 Å². The van der Waals surface area contributed by atoms with Crippen LogP contribution in [0.4, 0.5) is 0 Å². The topological polar surface area (TPSA) is 75.0 Å². The minimum Gasteiger partial charge on any atom is -0.493 e. The van der Waals surface area contributed by atoms with Gasteiger partial charge in [-0.2, -0.15) is 0 Å². The summed E-state index contributed by atoms with van der Waals surface area (Å²) in [4.78, 5) is 30.4. The van der Waals surface area contributed by atoms with Crippen molar-refractivity contribution in [2.45, 2.75) is 24.9 Å². The second-order valence-corrected chi connectivity index (χ2v) is 9.82. The molecule has 1 N–H and O–H groups in total. The lowest BCUT2D eigenvalue weighted by molar-refractivity contribution is -0.123. The first-order chi connectivity index (χ1) is 16.6. The Balaban J connectivity index is 1.15. The summed E-state index contributed by atoms with van der Waals surface area (Å²) in [6, 6.07) is 17.8. The van der Waals surface area contributed by atoms with Crippen molar-refractivity contribution in [3.05, 3.63) is 65.9 Å². The van der Waals surface area contributed by atoms with E-state index in [1.54, 1.807) is 13.2 Å². The number of methoxy groups -OCH3 is 1. The van der Waals surface area contributed by atoms with Gasteiger partial charge in [0.15, 0.2) is 17.1 Å². The number of hydrogen-bond donors (Lipinski definition) is 1. The number of likely N-dealkylation sites (tertiary alicyclic amines) is 2. The van der Waals surface area contributed by atoms with Gasteiger partial charge in [-0.3, -0.25) is 14.5 Å². The van der Waals surface area contributed by atoms with Crippen molar-refractivity contribution < 1.29 is 18.7 Å². The summed E-state index contributed by atoms with van der Waals surface area (Å²) in [5, 5.41) is 4.20. The first-order valence-electron chi connectivity index (χ1n) is 12.0. The molecule has 0 radical (unpaired) electrons. The summed E-state index contributed by atoms with van der Waals surface area (Å²) in [7, 11) is 1.59. The molecule has 6 rings (SSSR count). The van der Waals surface area contributed by atoms with E-state index in [0.717, 1.165) is 37.9 Å². The molecule has 3 aliphatic heterocycles. The van der Waals surface area contributed by atoms with Crippen LogP contribution in [0.25, 0.3) is 11.0 Å². The zero-order valence-corrected chi connectivity index (χ0v) is 19.3. The highest BCUT2D eigenvalue weighted by Gasteiger charge is 2.57. The van der Waals surface area contributed by atoms with Gasteiger partial charge in [-0.1, -0.05) is 42.5 Å². The summed E-state index contributed by atoms with van der Waals surface area (Å²) in [5.41, 5.74) is 1.65. The van der Waals surface area contributed by atoms with Crippen LogP contribution < -0.4 is 10.1 Å². The molecule has 2 aromatic carbocycles. The minimum atomic E-state index is -0.221. The van der Waals surface area contributed by atoms with Gasteiger partial charge in [-0.25, -0.2) is 0 Å². The Hall–Kier alpha value is -3.32. The molecule has 0 bridgehead atoms. The number of rotatable bonds is 4. The van der Waals surface area contributed by atoms with Crippen molar-refractivity contribution in [2.75, 3.05) is 33.3 Å². The fourth-order valence-corrected chi connectivity index (χ4v) is 6.18. The summed E-state index contributed by atoms with van der Waals surface area (Å²) in [5.74, 6) is 1.34. The fourth-order valence-electron chi connectivity index (χ4n) is 6.18. The van der Waals surface area contributed by atoms with Crippen LogP contribution >= 0.6 is 0 Å². The average Bonchev–Trinajstić information content (AvgIpc) is 3.54. The zero-order chi connectivity index (χ0) is 23.3. The molecular weight excluding hydrogens is 430 g/mol. The quantitative estimate of drug-likeness (QED) is 0.648. The van der Waals surface area contributed by atoms with Crippen LogP contribution in [0.5, 0.6) is 5.75 Å². The highest BCUT2D eigenvalue weighted by molar-refractivity contribution is 5.97. The molecule has 4 heterocycles. The predicted octanol–water partition coefficient (Wildman–Crippen LogP) is 3.29. The van der Waals surface area contributed by atoms with Crippen LogP contribution in [0.2, 0.25) is 0 Å². The van der Waals surface area contributed by atoms with Gasteiger partial charge in [0, 0.05) is 49.6 Å². The third-order valence-electron chi connectivity index (χ3n) is 7.94. The molecule has 2 amide bonds. The number of carbonyl (C=O) groups excluding carboxylic acids is 2. The average molecular weight is 460 g/mol. The highest BCUT2D eigenvalue weighted by atomic mass is 16.5. The third kappa shape index (κ3) is 3.46. The minimum absolute atomic E-state index is 0.0359. The number of benzene rings is 2. The van der Waals surface area contributed by atoms with Gasteiger partial charge in [0.1, 0.15) is 0 Å². The van der Waals surface area contributed by atoms with Gasteiger partial charge in [0.25, 0.3) is 5.91 Å². The Morgan fingerprint density at radius 1 is 1.12 bits per heavy atom. The molecule has 1 spiro atoms. The molecule has 0 unspecified atom stereocenters. The molecule has 176 valence electrons. The van der Waals surface area contributed by atoms with Crippen LogP contribution in [0.15, 0.2) is 59.0 Å². The van der Waals surface area contributed by atoms with E-state index in [1.165, 1.54) is 5.56 Å². The summed E-state index contributed by atoms with van der Waals surface area (Å²) in [6.45, 7) is 3.80. The Bertz CT molecular complexity index is 1230. The van der Waals surface area contributed by atoms with E-state index in [4.69, 9.17) is 9.15 Å². The lowest BCUT2D eigenvalue weighted by Gasteiger charge is -2.42. The molecule has 0 saturated carbocycles. The van der Waals surface area contributed by atoms with Crippen LogP contribution in [0.1, 0.15) is 29.0 Å². The van der Waals surface area contributed by atoms with Crippen molar-refractivity contribution in [1.82, 2.24) is 15.1 Å². The molecule has 3 fully saturated rings. The molecule has 7 heteroatoms. The number of fused-ring (bicyclic) bond motifs is 3. The third-order valence-corrected chi connectivity index (χ3v) is 7.94. The van der Waals surface area contributed by atoms with Gasteiger partial charge >= 0.3 is 0 Å². The smallest absolute Gasteiger partial charge is 0.289 e. The number of nitrogens with zero attached hydrogens (tertiary/aromatic N) is 2. The Morgan fingerprint density at radius 2 is 1.91 bits per heavy atom. The summed E-state index contributed by atoms with van der Waals surface area (Å²) >= 11 is 0. The largest absolute Gasteiger partial charge is 0.493 e. The number of ether oxygens (including phenoxy) is 1. The fraction of sp³-hybridized carbons (Fsp3) is 0.407. The van der Waals surface area contributed by atoms with Crippen LogP contribution in [-0.4, -0.2) is 60.4 Å². The number of amides is 2. The van der Waals surface area contributed by atoms with Gasteiger partial charge < -0.3 is 19.4 Å². The second-order valence-electron chi connectivity index (χ2n) is 9.82. The first-order valence-corrected chi connectivity index (χ1v) is 12.0. The Morgan fingerprint density at radius 3 is 2.68 bits per heavy atom. The van der Waals surface area contributed by atoms with Crippen molar-refractivity contribution >= 4 is 22.8 Å². The number of hydrogen-bond acceptors (Lipinski definition) is 5. The molecule has 0 aliphatic carbocycles. The van der Waals surface area contributed by atoms with Crippen LogP contribution in [0, 0.1) is 11.8 Å². The number of nitrogens with one attached hydrogen (secondary N) is 1. The van der Waals surface area contributed by atoms with E-state index in [-0.39, 0.29) is 29.2 Å². The summed E-state index contributed by atoms with van der Waals surface area (Å²) in [6.07, 6.45) is 1.54. The lowest BCUT2D eigenvalue weighted by atomic mass is 9.75. The molecule has 7 nitrogen and oxygen atoms in total. The van der Waals surface area contributed by atoms with E-state index < -0.39 is 0 Å². The van der Waals surface area contributed by atoms with Crippen molar-refractivity contribution in [3.8, 4) is 5.75 Å². The van der Waals surface area contributed by atoms with E-state index in [9.17, 15) is 9.59 Å². The van der Waals surface area contributed by atoms with Crippen molar-refractivity contribution in [2.24, 2.45) is 11.8 Å². The van der Waals surface area contributed by atoms with E-state index in [1.807, 2.05) is 29.2 Å². The SMILES string of the molecule is COc1cccc2cc(C(=O)N3CCC4(CC3)NC(=O)[C@@H]3CN(Cc5ccccc5)C[C@@H]34)oc12. The maximum absolute atomic E-state index is 13.2. The number of para-hydroxylation sites is 1. The van der Waals surface area contributed by atoms with Gasteiger partial charge in [0.2, 0.25) is 5.91 Å². The Labute approximate surface area is 198 Å². The van der Waals surface area contributed by atoms with E-state index >= 15 is 0 Å². The molecule has 3 aliphatic rings. The molecule has 3 aromatic rings. The first kappa shape index (κ1) is 21.2. The van der Waals surface area contributed by atoms with Crippen molar-refractivity contribution in [1.29, 1.82) is 0 Å². The lowest BCUT2D eigenvalue weighted by Crippen LogP contribution is -2.56. The number of furan rings is 1. The molecule has 3 saturated heterocycles. The van der Waals surface area contributed by atoms with Gasteiger partial charge in [-0.15, -0.1) is 0 Å². The molecule has 34 heavy (non-hydrogen) atoms. The van der Waals surface area contributed by atoms with Crippen LogP contribution in [0.3, 0.4) is 0 Å². The Kier molecular flexibility index (Phi) is 5.10. The predicted molar refractivity (Wildman–Crippen MR) is 127 cm³/mol. The van der Waals surface area contributed by atoms with Crippen LogP contribution in [-0.2, 0) is 11.3 Å². The number of piperidine rings is 1. The molecule has 1 aromatic heterocycles. The van der Waals surface area contributed by atoms with Crippen molar-refractivity contribution in [3.63, 3.8) is 0 Å². The molecular formula is C27H29N3O4. The second kappa shape index (κ2) is 8.17.